The van der Waals surface area contributed by atoms with Gasteiger partial charge < -0.3 is 47.4 Å². The van der Waals surface area contributed by atoms with Crippen LogP contribution in [0.25, 0.3) is 29.3 Å². The molecule has 0 saturated carbocycles. The number of rotatable bonds is 4. The lowest BCUT2D eigenvalue weighted by molar-refractivity contribution is -0.0676. The molecule has 0 bridgehead atoms. The Morgan fingerprint density at radius 3 is 1.37 bits per heavy atom. The molecule has 7 aliphatic rings. The maximum absolute atomic E-state index is 6.49. The third-order valence-corrected chi connectivity index (χ3v) is 18.7. The molecular formula is C39H44O10S5. The van der Waals surface area contributed by atoms with Crippen molar-refractivity contribution >= 4 is 67.3 Å². The van der Waals surface area contributed by atoms with Crippen LogP contribution >= 0.6 is 57.5 Å². The van der Waals surface area contributed by atoms with Crippen LogP contribution in [0, 0.1) is 10.8 Å². The maximum atomic E-state index is 6.49. The van der Waals surface area contributed by atoms with Crippen molar-refractivity contribution in [2.45, 2.75) is 70.7 Å². The lowest BCUT2D eigenvalue weighted by atomic mass is 9.77. The summed E-state index contributed by atoms with van der Waals surface area (Å²) in [6, 6.07) is 0. The van der Waals surface area contributed by atoms with E-state index in [9.17, 15) is 0 Å². The second-order valence-corrected chi connectivity index (χ2v) is 22.0. The minimum Gasteiger partial charge on any atom is -0.491 e. The first-order chi connectivity index (χ1) is 25.9. The van der Waals surface area contributed by atoms with Gasteiger partial charge in [0.2, 0.25) is 0 Å². The average molecular weight is 833 g/mol. The lowest BCUT2D eigenvalue weighted by Crippen LogP contribution is -2.48. The fourth-order valence-electron chi connectivity index (χ4n) is 7.78. The van der Waals surface area contributed by atoms with Crippen LogP contribution in [-0.2, 0) is 18.9 Å². The predicted molar refractivity (Wildman–Crippen MR) is 215 cm³/mol. The van der Waals surface area contributed by atoms with Gasteiger partial charge in [-0.05, 0) is 17.8 Å². The standard InChI is InChI=1S/C39H44O10S5/c1-37(2,3)36-25-24(46-14-15-47-25)32(53-36)31-21-20(42-10-11-43-21)28(51-31)27-18-19(41-9-8-40-18)29(50-27)30-22-23(45-13-12-44-22)33(52-30)34-26-35(49-17-16-48-26)39(7,54-34)38(4,5)6/h25,35-36H,8-17H2,1-7H3/t25?,35?,36?,39-/m0/s1. The van der Waals surface area contributed by atoms with Gasteiger partial charge in [0.15, 0.2) is 34.5 Å². The highest BCUT2D eigenvalue weighted by molar-refractivity contribution is 8.10. The van der Waals surface area contributed by atoms with Crippen LogP contribution < -0.4 is 28.4 Å². The van der Waals surface area contributed by atoms with E-state index in [1.54, 1.807) is 34.0 Å². The highest BCUT2D eigenvalue weighted by Gasteiger charge is 2.56. The number of thioether (sulfide) groups is 2. The molecule has 0 spiro atoms. The summed E-state index contributed by atoms with van der Waals surface area (Å²) in [7, 11) is 0. The van der Waals surface area contributed by atoms with Gasteiger partial charge in [0.25, 0.3) is 0 Å². The van der Waals surface area contributed by atoms with Gasteiger partial charge in [0, 0.05) is 5.25 Å². The summed E-state index contributed by atoms with van der Waals surface area (Å²) in [5, 5.41) is 0.198. The van der Waals surface area contributed by atoms with E-state index in [2.05, 4.69) is 48.5 Å². The first-order valence-corrected chi connectivity index (χ1v) is 22.7. The Kier molecular flexibility index (Phi) is 8.71. The number of thiophene rings is 3. The molecule has 0 aliphatic carbocycles. The molecule has 2 fully saturated rings. The van der Waals surface area contributed by atoms with Gasteiger partial charge in [0.05, 0.1) is 57.0 Å². The quantitative estimate of drug-likeness (QED) is 0.251. The molecule has 10 rings (SSSR count). The van der Waals surface area contributed by atoms with Gasteiger partial charge in [-0.25, -0.2) is 0 Å². The number of hydrogen-bond acceptors (Lipinski definition) is 15. The second-order valence-electron chi connectivity index (χ2n) is 16.3. The first-order valence-electron chi connectivity index (χ1n) is 18.6. The summed E-state index contributed by atoms with van der Waals surface area (Å²) >= 11 is 8.61. The van der Waals surface area contributed by atoms with Crippen molar-refractivity contribution in [1.29, 1.82) is 0 Å². The van der Waals surface area contributed by atoms with Gasteiger partial charge in [-0.2, -0.15) is 0 Å². The molecule has 3 unspecified atom stereocenters. The number of ether oxygens (including phenoxy) is 10. The maximum Gasteiger partial charge on any atom is 0.181 e. The second kappa shape index (κ2) is 13.1. The van der Waals surface area contributed by atoms with Gasteiger partial charge in [-0.3, -0.25) is 0 Å². The molecule has 0 radical (unpaired) electrons. The molecule has 3 aromatic rings. The van der Waals surface area contributed by atoms with E-state index >= 15 is 0 Å². The Hall–Kier alpha value is -2.40. The van der Waals surface area contributed by atoms with E-state index in [0.29, 0.717) is 77.6 Å². The summed E-state index contributed by atoms with van der Waals surface area (Å²) in [6.07, 6.45) is -0.273. The predicted octanol–water partition coefficient (Wildman–Crippen LogP) is 9.40. The van der Waals surface area contributed by atoms with Crippen LogP contribution in [0.1, 0.15) is 58.2 Å². The molecule has 0 aromatic carbocycles. The molecule has 10 nitrogen and oxygen atoms in total. The van der Waals surface area contributed by atoms with Crippen molar-refractivity contribution in [3.8, 4) is 54.0 Å². The molecule has 0 amide bonds. The average Bonchev–Trinajstić information content (AvgIpc) is 3.97. The van der Waals surface area contributed by atoms with Crippen molar-refractivity contribution in [2.24, 2.45) is 10.8 Å². The van der Waals surface area contributed by atoms with Gasteiger partial charge in [-0.15, -0.1) is 57.5 Å². The van der Waals surface area contributed by atoms with Crippen LogP contribution in [-0.4, -0.2) is 88.3 Å². The molecule has 15 heteroatoms. The number of hydrogen-bond donors (Lipinski definition) is 0. The smallest absolute Gasteiger partial charge is 0.181 e. The Labute approximate surface area is 335 Å². The van der Waals surface area contributed by atoms with Crippen molar-refractivity contribution in [3.63, 3.8) is 0 Å². The van der Waals surface area contributed by atoms with Gasteiger partial charge in [0.1, 0.15) is 76.6 Å². The van der Waals surface area contributed by atoms with E-state index in [0.717, 1.165) is 73.6 Å². The third kappa shape index (κ3) is 5.45. The topological polar surface area (TPSA) is 92.3 Å². The number of fused-ring (bicyclic) bond motifs is 5. The van der Waals surface area contributed by atoms with E-state index in [1.165, 1.54) is 0 Å². The van der Waals surface area contributed by atoms with E-state index in [-0.39, 0.29) is 33.0 Å². The Balaban J connectivity index is 1.11. The zero-order valence-electron chi connectivity index (χ0n) is 31.4. The van der Waals surface area contributed by atoms with Crippen molar-refractivity contribution in [1.82, 2.24) is 0 Å². The summed E-state index contributed by atoms with van der Waals surface area (Å²) in [5.41, 5.74) is -0.0719. The molecule has 10 heterocycles. The Bertz CT molecular complexity index is 2080. The van der Waals surface area contributed by atoms with Gasteiger partial charge >= 0.3 is 0 Å². The summed E-state index contributed by atoms with van der Waals surface area (Å²) in [6.45, 7) is 20.9. The highest BCUT2D eigenvalue weighted by Crippen LogP contribution is 2.68. The van der Waals surface area contributed by atoms with Crippen molar-refractivity contribution in [3.05, 3.63) is 21.3 Å². The molecule has 290 valence electrons. The largest absolute Gasteiger partial charge is 0.491 e. The van der Waals surface area contributed by atoms with Crippen LogP contribution in [0.3, 0.4) is 0 Å². The first kappa shape index (κ1) is 36.0. The summed E-state index contributed by atoms with van der Waals surface area (Å²) < 4.78 is 64.2. The zero-order chi connectivity index (χ0) is 37.1. The minimum atomic E-state index is -0.246. The fourth-order valence-corrected chi connectivity index (χ4v) is 14.9. The Morgan fingerprint density at radius 1 is 0.481 bits per heavy atom. The van der Waals surface area contributed by atoms with E-state index in [4.69, 9.17) is 47.4 Å². The minimum absolute atomic E-state index is 0.00581. The molecule has 2 saturated heterocycles. The Morgan fingerprint density at radius 2 is 0.889 bits per heavy atom. The van der Waals surface area contributed by atoms with Crippen LogP contribution in [0.2, 0.25) is 0 Å². The van der Waals surface area contributed by atoms with E-state index in [1.807, 2.05) is 23.5 Å². The normalized spacial score (nSPS) is 27.4. The fraction of sp³-hybridized carbons (Fsp3) is 0.590. The molecule has 4 atom stereocenters. The van der Waals surface area contributed by atoms with Crippen LogP contribution in [0.15, 0.2) is 11.5 Å². The summed E-state index contributed by atoms with van der Waals surface area (Å²) in [5.74, 6) is 6.19. The molecular weight excluding hydrogens is 789 g/mol. The molecule has 3 aromatic heterocycles. The highest BCUT2D eigenvalue weighted by atomic mass is 32.2. The SMILES string of the molecule is CC(C)(C)C1SC(c2sc(-c3sc(-c4sc(C5=C6OCCOC6[C@@](C)(C(C)(C)C)S5)c5c4OCCO5)c4c3OCCO4)c3c2OCCO3)=C2OCCOC21. The van der Waals surface area contributed by atoms with Crippen molar-refractivity contribution in [2.75, 3.05) is 66.1 Å². The molecule has 54 heavy (non-hydrogen) atoms. The summed E-state index contributed by atoms with van der Waals surface area (Å²) in [4.78, 5) is 7.93. The monoisotopic (exact) mass is 832 g/mol. The van der Waals surface area contributed by atoms with Crippen LogP contribution in [0.5, 0.6) is 34.5 Å². The van der Waals surface area contributed by atoms with Crippen LogP contribution in [0.4, 0.5) is 0 Å². The molecule has 7 aliphatic heterocycles. The van der Waals surface area contributed by atoms with Gasteiger partial charge in [-0.1, -0.05) is 41.5 Å². The van der Waals surface area contributed by atoms with Crippen molar-refractivity contribution < 1.29 is 47.4 Å². The molecule has 0 N–H and O–H groups in total. The third-order valence-electron chi connectivity index (χ3n) is 10.9. The van der Waals surface area contributed by atoms with E-state index < -0.39 is 0 Å². The lowest BCUT2D eigenvalue weighted by Gasteiger charge is -2.43. The zero-order valence-corrected chi connectivity index (χ0v) is 35.5.